The number of hydrogen-bond donors (Lipinski definition) is 5. The number of amides is 1. The van der Waals surface area contributed by atoms with Crippen molar-refractivity contribution in [2.45, 2.75) is 25.2 Å². The van der Waals surface area contributed by atoms with Crippen LogP contribution in [0, 0.1) is 0 Å². The summed E-state index contributed by atoms with van der Waals surface area (Å²) in [5.74, 6) is 0.0737. The van der Waals surface area contributed by atoms with E-state index in [2.05, 4.69) is 35.4 Å². The Morgan fingerprint density at radius 3 is 2.00 bits per heavy atom. The van der Waals surface area contributed by atoms with Crippen molar-refractivity contribution >= 4 is 25.3 Å². The van der Waals surface area contributed by atoms with Gasteiger partial charge in [-0.15, -0.1) is 0 Å². The molecule has 0 aliphatic carbocycles. The van der Waals surface area contributed by atoms with Crippen molar-refractivity contribution in [1.29, 1.82) is 0 Å². The van der Waals surface area contributed by atoms with Gasteiger partial charge in [0.15, 0.2) is 0 Å². The number of aliphatic hydroxyl groups excluding tert-OH is 1. The lowest BCUT2D eigenvalue weighted by molar-refractivity contribution is -0.135. The number of rotatable bonds is 13. The largest absolute Gasteiger partial charge is 0.394 e. The van der Waals surface area contributed by atoms with E-state index >= 15 is 0 Å². The molecule has 8 heteroatoms. The van der Waals surface area contributed by atoms with Crippen molar-refractivity contribution in [3.8, 4) is 0 Å². The molecule has 2 aromatic carbocycles. The fraction of sp³-hybridized carbons (Fsp3) is 0.391. The third-order valence-corrected chi connectivity index (χ3v) is 5.10. The molecule has 31 heavy (non-hydrogen) atoms. The van der Waals surface area contributed by atoms with Crippen LogP contribution in [0.2, 0.25) is 0 Å². The number of aliphatic hydroxyl groups is 1. The minimum atomic E-state index is -0.685. The predicted octanol–water partition coefficient (Wildman–Crippen LogP) is 0.828. The van der Waals surface area contributed by atoms with E-state index in [-0.39, 0.29) is 24.3 Å². The predicted molar refractivity (Wildman–Crippen MR) is 128 cm³/mol. The summed E-state index contributed by atoms with van der Waals surface area (Å²) in [5, 5.41) is 16.6. The highest BCUT2D eigenvalue weighted by Crippen LogP contribution is 2.05. The first-order chi connectivity index (χ1) is 15.2. The maximum atomic E-state index is 12.8. The lowest BCUT2D eigenvalue weighted by Gasteiger charge is -2.33. The van der Waals surface area contributed by atoms with E-state index < -0.39 is 6.04 Å². The van der Waals surface area contributed by atoms with E-state index in [0.717, 1.165) is 12.1 Å². The maximum Gasteiger partial charge on any atom is 0.240 e. The second-order valence-electron chi connectivity index (χ2n) is 6.94. The van der Waals surface area contributed by atoms with Gasteiger partial charge >= 0.3 is 0 Å². The van der Waals surface area contributed by atoms with Gasteiger partial charge < -0.3 is 31.2 Å². The molecule has 0 aliphatic heterocycles. The van der Waals surface area contributed by atoms with Gasteiger partial charge in [0.1, 0.15) is 6.79 Å². The molecule has 1 amide bonds. The van der Waals surface area contributed by atoms with Crippen molar-refractivity contribution in [3.05, 3.63) is 71.8 Å². The van der Waals surface area contributed by atoms with E-state index in [0.29, 0.717) is 26.2 Å². The van der Waals surface area contributed by atoms with Crippen molar-refractivity contribution in [3.63, 3.8) is 0 Å². The molecule has 2 aromatic rings. The highest BCUT2D eigenvalue weighted by atomic mass is 32.1. The molecule has 0 heterocycles. The number of benzene rings is 2. The Balaban J connectivity index is 0.00000233. The highest BCUT2D eigenvalue weighted by molar-refractivity contribution is 7.80. The van der Waals surface area contributed by atoms with Crippen LogP contribution in [-0.2, 0) is 22.7 Å². The molecule has 0 saturated heterocycles. The molecule has 0 aromatic heterocycles. The molecular formula is C23H34N4O3S. The van der Waals surface area contributed by atoms with E-state index in [1.165, 1.54) is 5.56 Å². The van der Waals surface area contributed by atoms with E-state index in [4.69, 9.17) is 10.5 Å². The molecular weight excluding hydrogens is 412 g/mol. The summed E-state index contributed by atoms with van der Waals surface area (Å²) in [4.78, 5) is 22.4. The number of nitrogens with two attached hydrogens (primary N) is 1. The zero-order valence-corrected chi connectivity index (χ0v) is 18.7. The topological polar surface area (TPSA) is 108 Å². The number of carbonyl (C=O) groups is 2. The van der Waals surface area contributed by atoms with Crippen molar-refractivity contribution in [2.24, 2.45) is 5.73 Å². The molecule has 0 radical (unpaired) electrons. The van der Waals surface area contributed by atoms with Crippen LogP contribution in [0.4, 0.5) is 0 Å². The summed E-state index contributed by atoms with van der Waals surface area (Å²) < 4.78 is 0. The summed E-state index contributed by atoms with van der Waals surface area (Å²) in [7, 11) is 0. The van der Waals surface area contributed by atoms with Gasteiger partial charge in [0.05, 0.1) is 18.7 Å². The number of thiol groups is 1. The molecule has 7 nitrogen and oxygen atoms in total. The Labute approximate surface area is 190 Å². The first-order valence-corrected chi connectivity index (χ1v) is 10.8. The van der Waals surface area contributed by atoms with Crippen LogP contribution in [0.1, 0.15) is 11.1 Å². The van der Waals surface area contributed by atoms with Gasteiger partial charge in [0.2, 0.25) is 5.91 Å². The molecule has 170 valence electrons. The summed E-state index contributed by atoms with van der Waals surface area (Å²) in [6.07, 6.45) is 0. The Morgan fingerprint density at radius 1 is 1.00 bits per heavy atom. The molecule has 2 unspecified atom stereocenters. The van der Waals surface area contributed by atoms with E-state index in [1.54, 1.807) is 4.90 Å². The van der Waals surface area contributed by atoms with Gasteiger partial charge in [0, 0.05) is 38.5 Å². The standard InChI is InChI=1S/C22H32N4O2S.CH2O/c23-21(17-29)22(28)26(12-11-24-13-18-7-3-1-4-8-18)20(16-27)15-25-14-19-9-5-2-6-10-19;1-2/h1-10,20-21,24-25,27,29H,11-17,23H2;1H2. The zero-order chi connectivity index (χ0) is 22.9. The van der Waals surface area contributed by atoms with Crippen LogP contribution < -0.4 is 16.4 Å². The lowest BCUT2D eigenvalue weighted by atomic mass is 10.2. The molecule has 2 rings (SSSR count). The maximum absolute atomic E-state index is 12.8. The van der Waals surface area contributed by atoms with Crippen LogP contribution >= 0.6 is 12.6 Å². The zero-order valence-electron chi connectivity index (χ0n) is 17.8. The normalized spacial score (nSPS) is 12.4. The number of hydrogen-bond acceptors (Lipinski definition) is 7. The van der Waals surface area contributed by atoms with Crippen LogP contribution in [0.15, 0.2) is 60.7 Å². The summed E-state index contributed by atoms with van der Waals surface area (Å²) >= 11 is 4.16. The number of carbonyl (C=O) groups excluding carboxylic acids is 2. The summed E-state index contributed by atoms with van der Waals surface area (Å²) in [5.41, 5.74) is 8.27. The summed E-state index contributed by atoms with van der Waals surface area (Å²) in [6, 6.07) is 19.1. The van der Waals surface area contributed by atoms with E-state index in [1.807, 2.05) is 55.3 Å². The second kappa shape index (κ2) is 16.5. The third kappa shape index (κ3) is 10.1. The Morgan fingerprint density at radius 2 is 1.52 bits per heavy atom. The highest BCUT2D eigenvalue weighted by Gasteiger charge is 2.26. The Bertz CT molecular complexity index is 721. The van der Waals surface area contributed by atoms with Crippen LogP contribution in [0.25, 0.3) is 0 Å². The monoisotopic (exact) mass is 446 g/mol. The smallest absolute Gasteiger partial charge is 0.240 e. The molecule has 5 N–H and O–H groups in total. The first kappa shape index (κ1) is 26.8. The quantitative estimate of drug-likeness (QED) is 0.230. The van der Waals surface area contributed by atoms with Crippen LogP contribution in [-0.4, -0.2) is 66.8 Å². The molecule has 0 saturated carbocycles. The fourth-order valence-corrected chi connectivity index (χ4v) is 3.20. The average molecular weight is 447 g/mol. The average Bonchev–Trinajstić information content (AvgIpc) is 2.84. The van der Waals surface area contributed by atoms with Gasteiger partial charge in [-0.3, -0.25) is 4.79 Å². The first-order valence-electron chi connectivity index (χ1n) is 10.2. The summed E-state index contributed by atoms with van der Waals surface area (Å²) in [6.45, 7) is 4.81. The third-order valence-electron chi connectivity index (χ3n) is 4.70. The van der Waals surface area contributed by atoms with Crippen LogP contribution in [0.3, 0.4) is 0 Å². The van der Waals surface area contributed by atoms with Crippen molar-refractivity contribution < 1.29 is 14.7 Å². The fourth-order valence-electron chi connectivity index (χ4n) is 3.04. The second-order valence-corrected chi connectivity index (χ2v) is 7.30. The van der Waals surface area contributed by atoms with Crippen LogP contribution in [0.5, 0.6) is 0 Å². The molecule has 2 atom stereocenters. The molecule has 0 bridgehead atoms. The van der Waals surface area contributed by atoms with Gasteiger partial charge in [-0.25, -0.2) is 0 Å². The molecule has 0 fully saturated rings. The minimum absolute atomic E-state index is 0.133. The van der Waals surface area contributed by atoms with Gasteiger partial charge in [-0.2, -0.15) is 12.6 Å². The van der Waals surface area contributed by atoms with E-state index in [9.17, 15) is 9.90 Å². The van der Waals surface area contributed by atoms with Crippen molar-refractivity contribution in [2.75, 3.05) is 32.0 Å². The number of nitrogens with zero attached hydrogens (tertiary/aromatic N) is 1. The molecule has 0 spiro atoms. The molecule has 0 aliphatic rings. The van der Waals surface area contributed by atoms with Crippen molar-refractivity contribution in [1.82, 2.24) is 15.5 Å². The van der Waals surface area contributed by atoms with Gasteiger partial charge in [-0.1, -0.05) is 60.7 Å². The lowest BCUT2D eigenvalue weighted by Crippen LogP contribution is -2.55. The van der Waals surface area contributed by atoms with Gasteiger partial charge in [-0.05, 0) is 11.1 Å². The SMILES string of the molecule is C=O.NC(CS)C(=O)N(CCNCc1ccccc1)C(CO)CNCc1ccccc1. The number of nitrogens with one attached hydrogen (secondary N) is 2. The Kier molecular flexibility index (Phi) is 14.2. The van der Waals surface area contributed by atoms with Gasteiger partial charge in [0.25, 0.3) is 0 Å². The Hall–Kier alpha value is -2.23. The minimum Gasteiger partial charge on any atom is -0.394 e.